The molecule has 0 saturated carbocycles. The van der Waals surface area contributed by atoms with Crippen molar-refractivity contribution in [1.82, 2.24) is 15.1 Å². The highest BCUT2D eigenvalue weighted by molar-refractivity contribution is 6.00. The molecule has 2 heterocycles. The molecule has 1 aliphatic heterocycles. The monoisotopic (exact) mass is 339 g/mol. The van der Waals surface area contributed by atoms with Crippen LogP contribution < -0.4 is 10.1 Å². The SMILES string of the molecule is [2H]C1([2H])NC(=O)c2cc(-c3ccc(F)cc3)c(OCc3ccn(C)n3)cc21. The summed E-state index contributed by atoms with van der Waals surface area (Å²) in [5.41, 5.74) is 2.41. The van der Waals surface area contributed by atoms with Crippen molar-refractivity contribution in [3.63, 3.8) is 0 Å². The van der Waals surface area contributed by atoms with Gasteiger partial charge in [0.25, 0.3) is 5.91 Å². The van der Waals surface area contributed by atoms with Crippen LogP contribution in [0.25, 0.3) is 11.1 Å². The van der Waals surface area contributed by atoms with Crippen LogP contribution in [-0.2, 0) is 20.2 Å². The second kappa shape index (κ2) is 6.05. The van der Waals surface area contributed by atoms with Gasteiger partial charge in [0.2, 0.25) is 0 Å². The number of benzene rings is 2. The van der Waals surface area contributed by atoms with Gasteiger partial charge in [-0.3, -0.25) is 9.48 Å². The van der Waals surface area contributed by atoms with Gasteiger partial charge >= 0.3 is 0 Å². The molecule has 0 unspecified atom stereocenters. The van der Waals surface area contributed by atoms with Crippen LogP contribution in [0, 0.1) is 5.82 Å². The molecule has 3 aromatic rings. The molecule has 1 aromatic heterocycles. The Morgan fingerprint density at radius 1 is 1.28 bits per heavy atom. The molecule has 2 aromatic carbocycles. The molecule has 5 nitrogen and oxygen atoms in total. The second-order valence-corrected chi connectivity index (χ2v) is 5.75. The first-order valence-electron chi connectivity index (χ1n) is 8.72. The van der Waals surface area contributed by atoms with E-state index < -0.39 is 12.4 Å². The highest BCUT2D eigenvalue weighted by Crippen LogP contribution is 2.35. The van der Waals surface area contributed by atoms with Gasteiger partial charge in [-0.25, -0.2) is 4.39 Å². The molecule has 0 aliphatic carbocycles. The van der Waals surface area contributed by atoms with E-state index in [2.05, 4.69) is 10.4 Å². The predicted molar refractivity (Wildman–Crippen MR) is 90.5 cm³/mol. The molecule has 1 N–H and O–H groups in total. The smallest absolute Gasteiger partial charge is 0.251 e. The molecule has 0 saturated heterocycles. The number of nitrogens with zero attached hydrogens (tertiary/aromatic N) is 2. The van der Waals surface area contributed by atoms with Crippen molar-refractivity contribution in [2.75, 3.05) is 0 Å². The Bertz CT molecular complexity index is 1030. The lowest BCUT2D eigenvalue weighted by atomic mass is 9.99. The maximum absolute atomic E-state index is 13.3. The van der Waals surface area contributed by atoms with Gasteiger partial charge in [-0.1, -0.05) is 12.1 Å². The number of hydrogen-bond donors (Lipinski definition) is 1. The summed E-state index contributed by atoms with van der Waals surface area (Å²) in [5, 5.41) is 6.57. The normalized spacial score (nSPS) is 16.0. The van der Waals surface area contributed by atoms with E-state index in [0.717, 1.165) is 0 Å². The summed E-state index contributed by atoms with van der Waals surface area (Å²) in [5.74, 6) is -0.467. The average Bonchev–Trinajstić information content (AvgIpc) is 3.13. The third-order valence-corrected chi connectivity index (χ3v) is 3.97. The Hall–Kier alpha value is -3.15. The summed E-state index contributed by atoms with van der Waals surface area (Å²) in [6.45, 7) is -1.80. The van der Waals surface area contributed by atoms with Crippen LogP contribution >= 0.6 is 0 Å². The third-order valence-electron chi connectivity index (χ3n) is 3.97. The number of ether oxygens (including phenoxy) is 1. The molecule has 0 spiro atoms. The first-order chi connectivity index (χ1) is 12.8. The first-order valence-corrected chi connectivity index (χ1v) is 7.72. The van der Waals surface area contributed by atoms with Crippen LogP contribution in [0.1, 0.15) is 24.4 Å². The number of rotatable bonds is 4. The van der Waals surface area contributed by atoms with Crippen LogP contribution in [0.5, 0.6) is 5.75 Å². The fourth-order valence-corrected chi connectivity index (χ4v) is 2.73. The van der Waals surface area contributed by atoms with Crippen molar-refractivity contribution in [1.29, 1.82) is 0 Å². The van der Waals surface area contributed by atoms with E-state index in [-0.39, 0.29) is 23.6 Å². The quantitative estimate of drug-likeness (QED) is 0.795. The lowest BCUT2D eigenvalue weighted by Crippen LogP contribution is -2.12. The van der Waals surface area contributed by atoms with Crippen molar-refractivity contribution < 1.29 is 16.7 Å². The molecule has 126 valence electrons. The third kappa shape index (κ3) is 2.98. The lowest BCUT2D eigenvalue weighted by Gasteiger charge is -2.13. The summed E-state index contributed by atoms with van der Waals surface area (Å²) in [7, 11) is 1.80. The summed E-state index contributed by atoms with van der Waals surface area (Å²) in [6.07, 6.45) is 1.80. The molecule has 6 heteroatoms. The van der Waals surface area contributed by atoms with Crippen molar-refractivity contribution in [3.05, 3.63) is 71.3 Å². The summed E-state index contributed by atoms with van der Waals surface area (Å²) in [6, 6.07) is 10.7. The highest BCUT2D eigenvalue weighted by Gasteiger charge is 2.22. The van der Waals surface area contributed by atoms with Gasteiger partial charge in [-0.2, -0.15) is 5.10 Å². The van der Waals surface area contributed by atoms with Crippen molar-refractivity contribution in [2.45, 2.75) is 13.1 Å². The van der Waals surface area contributed by atoms with Crippen LogP contribution in [-0.4, -0.2) is 15.7 Å². The maximum Gasteiger partial charge on any atom is 0.251 e. The van der Waals surface area contributed by atoms with Gasteiger partial charge in [0.15, 0.2) is 0 Å². The van der Waals surface area contributed by atoms with Crippen molar-refractivity contribution >= 4 is 5.91 Å². The molecule has 1 aliphatic rings. The number of amides is 1. The maximum atomic E-state index is 13.3. The van der Waals surface area contributed by atoms with E-state index in [4.69, 9.17) is 7.48 Å². The molecule has 25 heavy (non-hydrogen) atoms. The molecule has 0 fully saturated rings. The molecule has 0 bridgehead atoms. The highest BCUT2D eigenvalue weighted by atomic mass is 19.1. The number of nitrogens with one attached hydrogen (secondary N) is 1. The van der Waals surface area contributed by atoms with E-state index >= 15 is 0 Å². The van der Waals surface area contributed by atoms with E-state index in [1.54, 1.807) is 36.1 Å². The van der Waals surface area contributed by atoms with Crippen LogP contribution in [0.2, 0.25) is 0 Å². The van der Waals surface area contributed by atoms with E-state index in [0.29, 0.717) is 22.6 Å². The number of halogens is 1. The van der Waals surface area contributed by atoms with E-state index in [1.165, 1.54) is 18.2 Å². The molecule has 1 amide bonds. The van der Waals surface area contributed by atoms with Gasteiger partial charge in [-0.15, -0.1) is 0 Å². The number of aryl methyl sites for hydroxylation is 1. The topological polar surface area (TPSA) is 56.1 Å². The van der Waals surface area contributed by atoms with E-state index in [9.17, 15) is 9.18 Å². The second-order valence-electron chi connectivity index (χ2n) is 5.75. The zero-order valence-corrected chi connectivity index (χ0v) is 13.4. The molecular formula is C19H16FN3O2. The Balaban J connectivity index is 1.79. The molecular weight excluding hydrogens is 321 g/mol. The lowest BCUT2D eigenvalue weighted by molar-refractivity contribution is 0.0966. The number of fused-ring (bicyclic) bond motifs is 1. The van der Waals surface area contributed by atoms with Crippen LogP contribution in [0.15, 0.2) is 48.7 Å². The minimum Gasteiger partial charge on any atom is -0.487 e. The summed E-state index contributed by atoms with van der Waals surface area (Å²) < 4.78 is 36.9. The summed E-state index contributed by atoms with van der Waals surface area (Å²) >= 11 is 0. The Kier molecular flexibility index (Phi) is 3.19. The Labute approximate surface area is 146 Å². The zero-order chi connectivity index (χ0) is 19.2. The molecule has 0 atom stereocenters. The standard InChI is InChI=1S/C19H16FN3O2/c1-23-7-6-15(22-23)11-25-18-8-13-10-21-19(24)17(13)9-16(18)12-2-4-14(20)5-3-12/h2-9H,10-11H2,1H3,(H,21,24)/i10D2. The van der Waals surface area contributed by atoms with Gasteiger partial charge in [0.05, 0.1) is 8.44 Å². The van der Waals surface area contributed by atoms with Crippen molar-refractivity contribution in [3.8, 4) is 16.9 Å². The van der Waals surface area contributed by atoms with Crippen LogP contribution in [0.3, 0.4) is 0 Å². The molecule has 0 radical (unpaired) electrons. The van der Waals surface area contributed by atoms with E-state index in [1.807, 2.05) is 6.07 Å². The fourth-order valence-electron chi connectivity index (χ4n) is 2.73. The largest absolute Gasteiger partial charge is 0.487 e. The van der Waals surface area contributed by atoms with Gasteiger partial charge < -0.3 is 10.1 Å². The number of hydrogen-bond acceptors (Lipinski definition) is 3. The Morgan fingerprint density at radius 2 is 2.08 bits per heavy atom. The van der Waals surface area contributed by atoms with Gasteiger partial charge in [0.1, 0.15) is 18.2 Å². The average molecular weight is 339 g/mol. The predicted octanol–water partition coefficient (Wildman–Crippen LogP) is 3.05. The minimum absolute atomic E-state index is 0.179. The van der Waals surface area contributed by atoms with Gasteiger partial charge in [-0.05, 0) is 41.5 Å². The number of aromatic nitrogens is 2. The molecule has 4 rings (SSSR count). The minimum atomic E-state index is -1.98. The van der Waals surface area contributed by atoms with Crippen molar-refractivity contribution in [2.24, 2.45) is 7.05 Å². The number of carbonyl (C=O) groups excluding carboxylic acids is 1. The Morgan fingerprint density at radius 3 is 2.80 bits per heavy atom. The fraction of sp³-hybridized carbons (Fsp3) is 0.158. The first kappa shape index (κ1) is 13.2. The van der Waals surface area contributed by atoms with Gasteiger partial charge in [0, 0.05) is 30.9 Å². The van der Waals surface area contributed by atoms with Crippen LogP contribution in [0.4, 0.5) is 4.39 Å². The number of carbonyl (C=O) groups is 1. The zero-order valence-electron chi connectivity index (χ0n) is 15.4. The summed E-state index contributed by atoms with van der Waals surface area (Å²) in [4.78, 5) is 12.1.